The molecule has 0 atom stereocenters. The van der Waals surface area contributed by atoms with Gasteiger partial charge in [0.1, 0.15) is 23.2 Å². The minimum Gasteiger partial charge on any atom is -0.493 e. The lowest BCUT2D eigenvalue weighted by atomic mass is 9.97. The monoisotopic (exact) mass is 515 g/mol. The summed E-state index contributed by atoms with van der Waals surface area (Å²) in [6.07, 6.45) is -2.25. The fourth-order valence-corrected chi connectivity index (χ4v) is 4.11. The highest BCUT2D eigenvalue weighted by atomic mass is 35.5. The molecule has 0 aliphatic carbocycles. The molecule has 0 bridgehead atoms. The molecule has 186 valence electrons. The van der Waals surface area contributed by atoms with Gasteiger partial charge >= 0.3 is 6.18 Å². The standard InChI is InChI=1S/C24H20F3N7O.ClH/c1-33-20-11-18(30-19(12-28)23(20)31-32-33)16-5-6-21(17(10-16)24(25,26)27)35-9-7-15-13-34(14-15)22-4-2-3-8-29-22;/h2-6,8,10-11,15H,7,9,13-14H2,1H3;1H. The maximum atomic E-state index is 13.9. The van der Waals surface area contributed by atoms with Crippen LogP contribution in [0.15, 0.2) is 48.7 Å². The van der Waals surface area contributed by atoms with Gasteiger partial charge < -0.3 is 9.64 Å². The number of aromatic nitrogens is 5. The molecule has 0 unspecified atom stereocenters. The van der Waals surface area contributed by atoms with Crippen molar-refractivity contribution in [3.8, 4) is 23.1 Å². The molecule has 0 amide bonds. The highest BCUT2D eigenvalue weighted by Crippen LogP contribution is 2.39. The van der Waals surface area contributed by atoms with Gasteiger partial charge in [-0.05, 0) is 48.7 Å². The molecule has 0 N–H and O–H groups in total. The average Bonchev–Trinajstić information content (AvgIpc) is 3.20. The first-order valence-corrected chi connectivity index (χ1v) is 10.9. The van der Waals surface area contributed by atoms with Crippen LogP contribution in [0.5, 0.6) is 5.75 Å². The highest BCUT2D eigenvalue weighted by molar-refractivity contribution is 5.85. The van der Waals surface area contributed by atoms with Gasteiger partial charge in [0, 0.05) is 31.9 Å². The molecule has 3 aromatic heterocycles. The third-order valence-electron chi connectivity index (χ3n) is 6.00. The molecule has 8 nitrogen and oxygen atoms in total. The van der Waals surface area contributed by atoms with Crippen LogP contribution in [-0.4, -0.2) is 44.7 Å². The molecule has 5 rings (SSSR count). The normalized spacial score (nSPS) is 13.7. The molecular weight excluding hydrogens is 495 g/mol. The first-order chi connectivity index (χ1) is 16.8. The van der Waals surface area contributed by atoms with Crippen LogP contribution in [0, 0.1) is 17.2 Å². The summed E-state index contributed by atoms with van der Waals surface area (Å²) < 4.78 is 48.6. The molecule has 0 radical (unpaired) electrons. The second-order valence-corrected chi connectivity index (χ2v) is 8.35. The molecule has 12 heteroatoms. The van der Waals surface area contributed by atoms with Crippen molar-refractivity contribution in [3.05, 3.63) is 59.9 Å². The van der Waals surface area contributed by atoms with Gasteiger partial charge in [0.2, 0.25) is 0 Å². The van der Waals surface area contributed by atoms with Gasteiger partial charge in [0.25, 0.3) is 0 Å². The Morgan fingerprint density at radius 3 is 2.67 bits per heavy atom. The van der Waals surface area contributed by atoms with Crippen LogP contribution in [0.3, 0.4) is 0 Å². The van der Waals surface area contributed by atoms with Crippen molar-refractivity contribution >= 4 is 29.3 Å². The van der Waals surface area contributed by atoms with Crippen LogP contribution in [-0.2, 0) is 13.2 Å². The van der Waals surface area contributed by atoms with Gasteiger partial charge in [-0.15, -0.1) is 17.5 Å². The first kappa shape index (κ1) is 25.2. The van der Waals surface area contributed by atoms with Crippen molar-refractivity contribution in [2.24, 2.45) is 13.0 Å². The van der Waals surface area contributed by atoms with E-state index >= 15 is 0 Å². The second-order valence-electron chi connectivity index (χ2n) is 8.35. The summed E-state index contributed by atoms with van der Waals surface area (Å²) in [5.74, 6) is 0.997. The Hall–Kier alpha value is -3.91. The number of aryl methyl sites for hydroxylation is 1. The van der Waals surface area contributed by atoms with Crippen molar-refractivity contribution in [2.75, 3.05) is 24.6 Å². The van der Waals surface area contributed by atoms with Gasteiger partial charge in [0.15, 0.2) is 5.69 Å². The Morgan fingerprint density at radius 2 is 1.97 bits per heavy atom. The number of nitrogens with zero attached hydrogens (tertiary/aromatic N) is 7. The third kappa shape index (κ3) is 4.90. The first-order valence-electron chi connectivity index (χ1n) is 10.9. The number of rotatable bonds is 6. The Morgan fingerprint density at radius 1 is 1.17 bits per heavy atom. The molecular formula is C24H21ClF3N7O. The van der Waals surface area contributed by atoms with Gasteiger partial charge in [-0.25, -0.2) is 14.6 Å². The summed E-state index contributed by atoms with van der Waals surface area (Å²) in [4.78, 5) is 10.6. The number of benzene rings is 1. The Bertz CT molecular complexity index is 1410. The zero-order chi connectivity index (χ0) is 24.6. The molecule has 36 heavy (non-hydrogen) atoms. The third-order valence-corrected chi connectivity index (χ3v) is 6.00. The Balaban J connectivity index is 0.00000304. The highest BCUT2D eigenvalue weighted by Gasteiger charge is 2.35. The number of hydrogen-bond acceptors (Lipinski definition) is 7. The summed E-state index contributed by atoms with van der Waals surface area (Å²) in [6, 6.07) is 13.0. The van der Waals surface area contributed by atoms with E-state index in [0.717, 1.165) is 25.0 Å². The van der Waals surface area contributed by atoms with Crippen molar-refractivity contribution in [2.45, 2.75) is 12.6 Å². The number of anilines is 1. The molecule has 1 aromatic carbocycles. The van der Waals surface area contributed by atoms with Crippen LogP contribution in [0.1, 0.15) is 17.7 Å². The Labute approximate surface area is 210 Å². The quantitative estimate of drug-likeness (QED) is 0.369. The van der Waals surface area contributed by atoms with Crippen LogP contribution < -0.4 is 9.64 Å². The number of pyridine rings is 2. The van der Waals surface area contributed by atoms with E-state index in [1.807, 2.05) is 24.3 Å². The van der Waals surface area contributed by atoms with E-state index in [4.69, 9.17) is 4.74 Å². The summed E-state index contributed by atoms with van der Waals surface area (Å²) >= 11 is 0. The number of nitriles is 1. The van der Waals surface area contributed by atoms with E-state index < -0.39 is 11.7 Å². The predicted molar refractivity (Wildman–Crippen MR) is 129 cm³/mol. The number of halogens is 4. The van der Waals surface area contributed by atoms with Crippen LogP contribution in [0.2, 0.25) is 0 Å². The van der Waals surface area contributed by atoms with E-state index in [9.17, 15) is 18.4 Å². The SMILES string of the molecule is Cl.Cn1nnc2c(C#N)nc(-c3ccc(OCCC4CN(c5ccccn5)C4)c(C(F)(F)F)c3)cc21. The fraction of sp³-hybridized carbons (Fsp3) is 0.292. The van der Waals surface area contributed by atoms with Crippen LogP contribution in [0.4, 0.5) is 19.0 Å². The molecule has 4 heterocycles. The number of fused-ring (bicyclic) bond motifs is 1. The van der Waals surface area contributed by atoms with Crippen molar-refractivity contribution in [1.82, 2.24) is 25.0 Å². The molecule has 1 fully saturated rings. The zero-order valence-corrected chi connectivity index (χ0v) is 19.9. The van der Waals surface area contributed by atoms with E-state index in [1.165, 1.54) is 16.8 Å². The largest absolute Gasteiger partial charge is 0.493 e. The topological polar surface area (TPSA) is 92.8 Å². The maximum Gasteiger partial charge on any atom is 0.419 e. The summed E-state index contributed by atoms with van der Waals surface area (Å²) in [7, 11) is 1.63. The summed E-state index contributed by atoms with van der Waals surface area (Å²) in [5, 5.41) is 17.2. The van der Waals surface area contributed by atoms with Gasteiger partial charge in [0.05, 0.1) is 23.4 Å². The lowest BCUT2D eigenvalue weighted by molar-refractivity contribution is -0.138. The number of alkyl halides is 3. The predicted octanol–water partition coefficient (Wildman–Crippen LogP) is 4.64. The number of ether oxygens (including phenoxy) is 1. The van der Waals surface area contributed by atoms with E-state index in [2.05, 4.69) is 25.2 Å². The fourth-order valence-electron chi connectivity index (χ4n) is 4.11. The molecule has 1 aliphatic rings. The molecule has 0 saturated carbocycles. The molecule has 1 saturated heterocycles. The van der Waals surface area contributed by atoms with Gasteiger partial charge in [-0.2, -0.15) is 18.4 Å². The van der Waals surface area contributed by atoms with Crippen LogP contribution >= 0.6 is 12.4 Å². The van der Waals surface area contributed by atoms with Gasteiger partial charge in [-0.3, -0.25) is 0 Å². The number of hydrogen-bond donors (Lipinski definition) is 0. The Kier molecular flexibility index (Phi) is 6.99. The van der Waals surface area contributed by atoms with E-state index in [-0.39, 0.29) is 41.7 Å². The van der Waals surface area contributed by atoms with Crippen molar-refractivity contribution in [1.29, 1.82) is 5.26 Å². The molecule has 4 aromatic rings. The second kappa shape index (κ2) is 9.99. The lowest BCUT2D eigenvalue weighted by Crippen LogP contribution is -2.47. The van der Waals surface area contributed by atoms with Crippen molar-refractivity contribution < 1.29 is 17.9 Å². The average molecular weight is 516 g/mol. The summed E-state index contributed by atoms with van der Waals surface area (Å²) in [6.45, 7) is 1.76. The van der Waals surface area contributed by atoms with E-state index in [0.29, 0.717) is 23.4 Å². The molecule has 1 aliphatic heterocycles. The van der Waals surface area contributed by atoms with E-state index in [1.54, 1.807) is 19.3 Å². The summed E-state index contributed by atoms with van der Waals surface area (Å²) in [5.41, 5.74) is 0.352. The van der Waals surface area contributed by atoms with Crippen LogP contribution in [0.25, 0.3) is 22.3 Å². The smallest absolute Gasteiger partial charge is 0.419 e. The zero-order valence-electron chi connectivity index (χ0n) is 19.1. The van der Waals surface area contributed by atoms with Crippen molar-refractivity contribution in [3.63, 3.8) is 0 Å². The lowest BCUT2D eigenvalue weighted by Gasteiger charge is -2.40. The minimum atomic E-state index is -4.62. The minimum absolute atomic E-state index is 0. The maximum absolute atomic E-state index is 13.9. The molecule has 0 spiro atoms. The van der Waals surface area contributed by atoms with Gasteiger partial charge in [-0.1, -0.05) is 11.3 Å².